The Morgan fingerprint density at radius 3 is 2.55 bits per heavy atom. The topological polar surface area (TPSA) is 79.0 Å². The fourth-order valence-electron chi connectivity index (χ4n) is 3.10. The van der Waals surface area contributed by atoms with Crippen LogP contribution in [0.25, 0.3) is 11.3 Å². The van der Waals surface area contributed by atoms with Crippen LogP contribution in [0.4, 0.5) is 10.2 Å². The fourth-order valence-corrected chi connectivity index (χ4v) is 3.29. The zero-order chi connectivity index (χ0) is 23.2. The lowest BCUT2D eigenvalue weighted by molar-refractivity contribution is 0.0977. The van der Waals surface area contributed by atoms with Crippen LogP contribution in [0, 0.1) is 12.7 Å². The highest BCUT2D eigenvalue weighted by atomic mass is 32.1. The van der Waals surface area contributed by atoms with Crippen molar-refractivity contribution < 1.29 is 13.9 Å². The van der Waals surface area contributed by atoms with E-state index in [-0.39, 0.29) is 11.0 Å². The number of carbonyl (C=O) groups excluding carboxylic acids is 1. The number of nitrogens with one attached hydrogen (secondary N) is 3. The lowest BCUT2D eigenvalue weighted by Gasteiger charge is -2.08. The number of halogens is 1. The molecule has 6 nitrogen and oxygen atoms in total. The number of rotatable bonds is 6. The molecule has 3 aromatic carbocycles. The number of aromatic amines is 1. The Labute approximate surface area is 195 Å². The van der Waals surface area contributed by atoms with E-state index in [0.29, 0.717) is 35.0 Å². The monoisotopic (exact) mass is 460 g/mol. The first-order valence-electron chi connectivity index (χ1n) is 10.2. The van der Waals surface area contributed by atoms with Crippen molar-refractivity contribution in [1.82, 2.24) is 15.5 Å². The number of benzene rings is 3. The molecule has 0 aliphatic heterocycles. The molecule has 0 spiro atoms. The van der Waals surface area contributed by atoms with Gasteiger partial charge in [0.2, 0.25) is 0 Å². The third kappa shape index (κ3) is 5.81. The van der Waals surface area contributed by atoms with E-state index >= 15 is 0 Å². The molecule has 0 saturated heterocycles. The normalized spacial score (nSPS) is 10.5. The Morgan fingerprint density at radius 2 is 1.82 bits per heavy atom. The molecular formula is C25H21FN4O2S. The average molecular weight is 461 g/mol. The largest absolute Gasteiger partial charge is 0.489 e. The van der Waals surface area contributed by atoms with Gasteiger partial charge in [-0.3, -0.25) is 15.2 Å². The minimum atomic E-state index is -0.453. The molecule has 0 aliphatic rings. The molecule has 4 aromatic rings. The van der Waals surface area contributed by atoms with Crippen LogP contribution in [0.1, 0.15) is 21.5 Å². The van der Waals surface area contributed by atoms with E-state index in [0.717, 1.165) is 11.1 Å². The number of hydrogen-bond donors (Lipinski definition) is 3. The molecule has 0 aliphatic carbocycles. The van der Waals surface area contributed by atoms with Crippen molar-refractivity contribution in [3.8, 4) is 17.0 Å². The third-order valence-corrected chi connectivity index (χ3v) is 5.04. The molecule has 1 amide bonds. The van der Waals surface area contributed by atoms with Crippen LogP contribution in [-0.4, -0.2) is 21.2 Å². The first-order chi connectivity index (χ1) is 16.0. The number of hydrogen-bond acceptors (Lipinski definition) is 4. The number of aromatic nitrogens is 2. The van der Waals surface area contributed by atoms with Crippen LogP contribution < -0.4 is 15.4 Å². The molecular weight excluding hydrogens is 439 g/mol. The van der Waals surface area contributed by atoms with Crippen molar-refractivity contribution in [1.29, 1.82) is 0 Å². The van der Waals surface area contributed by atoms with Crippen molar-refractivity contribution in [2.24, 2.45) is 0 Å². The molecule has 4 rings (SSSR count). The zero-order valence-corrected chi connectivity index (χ0v) is 18.6. The summed E-state index contributed by atoms with van der Waals surface area (Å²) in [5, 5.41) is 12.4. The number of ether oxygens (including phenoxy) is 1. The summed E-state index contributed by atoms with van der Waals surface area (Å²) < 4.78 is 20.4. The number of thiocarbonyl (C=S) groups is 1. The number of amides is 1. The lowest BCUT2D eigenvalue weighted by Crippen LogP contribution is -2.34. The Kier molecular flexibility index (Phi) is 6.75. The van der Waals surface area contributed by atoms with Gasteiger partial charge in [0.25, 0.3) is 5.91 Å². The van der Waals surface area contributed by atoms with Gasteiger partial charge >= 0.3 is 0 Å². The molecule has 8 heteroatoms. The van der Waals surface area contributed by atoms with Crippen molar-refractivity contribution in [2.75, 3.05) is 5.32 Å². The first-order valence-corrected chi connectivity index (χ1v) is 10.6. The lowest BCUT2D eigenvalue weighted by atomic mass is 10.1. The molecule has 0 radical (unpaired) electrons. The molecule has 0 unspecified atom stereocenters. The van der Waals surface area contributed by atoms with Gasteiger partial charge in [-0.2, -0.15) is 5.10 Å². The summed E-state index contributed by atoms with van der Waals surface area (Å²) in [6.45, 7) is 2.29. The maximum Gasteiger partial charge on any atom is 0.257 e. The highest BCUT2D eigenvalue weighted by molar-refractivity contribution is 7.80. The van der Waals surface area contributed by atoms with Gasteiger partial charge in [0.05, 0.1) is 5.69 Å². The number of carbonyl (C=O) groups is 1. The van der Waals surface area contributed by atoms with E-state index in [9.17, 15) is 9.18 Å². The molecule has 166 valence electrons. The maximum atomic E-state index is 14.7. The first kappa shape index (κ1) is 22.2. The average Bonchev–Trinajstić information content (AvgIpc) is 3.26. The van der Waals surface area contributed by atoms with E-state index < -0.39 is 5.82 Å². The van der Waals surface area contributed by atoms with Gasteiger partial charge in [-0.05, 0) is 49.0 Å². The van der Waals surface area contributed by atoms with Crippen molar-refractivity contribution in [3.63, 3.8) is 0 Å². The second kappa shape index (κ2) is 10.1. The number of anilines is 1. The van der Waals surface area contributed by atoms with Crippen LogP contribution in [-0.2, 0) is 6.61 Å². The van der Waals surface area contributed by atoms with E-state index in [2.05, 4.69) is 20.8 Å². The highest BCUT2D eigenvalue weighted by Gasteiger charge is 2.12. The quantitative estimate of drug-likeness (QED) is 0.344. The van der Waals surface area contributed by atoms with Gasteiger partial charge in [0, 0.05) is 23.3 Å². The molecule has 3 N–H and O–H groups in total. The maximum absolute atomic E-state index is 14.7. The van der Waals surface area contributed by atoms with Gasteiger partial charge in [-0.15, -0.1) is 0 Å². The van der Waals surface area contributed by atoms with E-state index in [1.807, 2.05) is 49.4 Å². The Bertz CT molecular complexity index is 1270. The van der Waals surface area contributed by atoms with E-state index in [4.69, 9.17) is 17.0 Å². The zero-order valence-electron chi connectivity index (χ0n) is 17.8. The van der Waals surface area contributed by atoms with Gasteiger partial charge in [-0.25, -0.2) is 4.39 Å². The van der Waals surface area contributed by atoms with Gasteiger partial charge < -0.3 is 10.1 Å². The van der Waals surface area contributed by atoms with Crippen LogP contribution >= 0.6 is 12.2 Å². The van der Waals surface area contributed by atoms with Gasteiger partial charge in [0.15, 0.2) is 10.9 Å². The molecule has 1 heterocycles. The van der Waals surface area contributed by atoms with E-state index in [1.54, 1.807) is 30.3 Å². The molecule has 0 saturated carbocycles. The Morgan fingerprint density at radius 1 is 1.06 bits per heavy atom. The number of H-pyrrole nitrogens is 1. The predicted octanol–water partition coefficient (Wildman–Crippen LogP) is 5.23. The summed E-state index contributed by atoms with van der Waals surface area (Å²) in [5.41, 5.74) is 3.33. The highest BCUT2D eigenvalue weighted by Crippen LogP contribution is 2.26. The van der Waals surface area contributed by atoms with Gasteiger partial charge in [-0.1, -0.05) is 48.0 Å². The number of aryl methyl sites for hydroxylation is 1. The van der Waals surface area contributed by atoms with Crippen LogP contribution in [0.15, 0.2) is 78.9 Å². The Hall–Kier alpha value is -4.04. The Balaban J connectivity index is 1.36. The minimum absolute atomic E-state index is 0.0868. The standard InChI is InChI=1S/C25H21FN4O2S/c1-16-7-9-18(10-8-16)24(31)28-25(33)27-23-14-22(29-30-23)20-12-11-19(13-21(20)26)32-15-17-5-3-2-4-6-17/h2-14H,15H2,1H3,(H3,27,28,29,30,31,33). The summed E-state index contributed by atoms with van der Waals surface area (Å²) in [6.07, 6.45) is 0. The third-order valence-electron chi connectivity index (χ3n) is 4.84. The van der Waals surface area contributed by atoms with Gasteiger partial charge in [0.1, 0.15) is 18.2 Å². The summed E-state index contributed by atoms with van der Waals surface area (Å²) in [5.74, 6) is -0.00706. The van der Waals surface area contributed by atoms with Crippen LogP contribution in [0.2, 0.25) is 0 Å². The second-order valence-corrected chi connectivity index (χ2v) is 7.77. The molecule has 1 aromatic heterocycles. The van der Waals surface area contributed by atoms with Crippen molar-refractivity contribution >= 4 is 29.1 Å². The number of nitrogens with zero attached hydrogens (tertiary/aromatic N) is 1. The summed E-state index contributed by atoms with van der Waals surface area (Å²) in [7, 11) is 0. The molecule has 0 fully saturated rings. The fraction of sp³-hybridized carbons (Fsp3) is 0.0800. The summed E-state index contributed by atoms with van der Waals surface area (Å²) in [4.78, 5) is 12.3. The second-order valence-electron chi connectivity index (χ2n) is 7.36. The van der Waals surface area contributed by atoms with E-state index in [1.165, 1.54) is 6.07 Å². The molecule has 0 atom stereocenters. The summed E-state index contributed by atoms with van der Waals surface area (Å²) in [6, 6.07) is 23.0. The molecule has 33 heavy (non-hydrogen) atoms. The minimum Gasteiger partial charge on any atom is -0.489 e. The van der Waals surface area contributed by atoms with Crippen LogP contribution in [0.3, 0.4) is 0 Å². The van der Waals surface area contributed by atoms with Crippen molar-refractivity contribution in [2.45, 2.75) is 13.5 Å². The van der Waals surface area contributed by atoms with Crippen molar-refractivity contribution in [3.05, 3.63) is 101 Å². The SMILES string of the molecule is Cc1ccc(C(=O)NC(=S)Nc2cc(-c3ccc(OCc4ccccc4)cc3F)[nH]n2)cc1. The van der Waals surface area contributed by atoms with Crippen LogP contribution in [0.5, 0.6) is 5.75 Å². The predicted molar refractivity (Wildman–Crippen MR) is 130 cm³/mol. The molecule has 0 bridgehead atoms. The summed E-state index contributed by atoms with van der Waals surface area (Å²) >= 11 is 5.19. The smallest absolute Gasteiger partial charge is 0.257 e.